The van der Waals surface area contributed by atoms with E-state index < -0.39 is 0 Å². The van der Waals surface area contributed by atoms with E-state index in [9.17, 15) is 0 Å². The molecule has 1 aromatic heterocycles. The number of hydrogen-bond donors (Lipinski definition) is 1. The van der Waals surface area contributed by atoms with Gasteiger partial charge in [-0.05, 0) is 52.2 Å². The fourth-order valence-electron chi connectivity index (χ4n) is 1.86. The minimum Gasteiger partial charge on any atom is -0.309 e. The summed E-state index contributed by atoms with van der Waals surface area (Å²) in [5, 5.41) is 5.77. The molecule has 0 spiro atoms. The molecule has 78 valence electrons. The molecule has 1 aliphatic rings. The van der Waals surface area contributed by atoms with Gasteiger partial charge in [0.05, 0.1) is 0 Å². The molecular weight excluding hydrogens is 258 g/mol. The molecule has 2 rings (SSSR count). The first kappa shape index (κ1) is 10.7. The van der Waals surface area contributed by atoms with Crippen LogP contribution in [-0.2, 0) is 0 Å². The van der Waals surface area contributed by atoms with Crippen LogP contribution in [0.15, 0.2) is 15.9 Å². The Balaban J connectivity index is 2.23. The highest BCUT2D eigenvalue weighted by Gasteiger charge is 2.46. The molecule has 1 atom stereocenters. The van der Waals surface area contributed by atoms with Gasteiger partial charge in [-0.3, -0.25) is 0 Å². The number of hydrogen-bond acceptors (Lipinski definition) is 2. The van der Waals surface area contributed by atoms with E-state index in [2.05, 4.69) is 46.5 Å². The Hall–Kier alpha value is 0.140. The average molecular weight is 274 g/mol. The van der Waals surface area contributed by atoms with Crippen molar-refractivity contribution < 1.29 is 0 Å². The van der Waals surface area contributed by atoms with E-state index in [1.54, 1.807) is 0 Å². The minimum absolute atomic E-state index is 0.503. The van der Waals surface area contributed by atoms with Gasteiger partial charge in [-0.15, -0.1) is 11.3 Å². The van der Waals surface area contributed by atoms with Gasteiger partial charge in [0.2, 0.25) is 0 Å². The molecule has 1 unspecified atom stereocenters. The zero-order valence-corrected chi connectivity index (χ0v) is 11.0. The van der Waals surface area contributed by atoms with Gasteiger partial charge in [0.1, 0.15) is 0 Å². The topological polar surface area (TPSA) is 12.0 Å². The van der Waals surface area contributed by atoms with Crippen molar-refractivity contribution in [2.24, 2.45) is 5.41 Å². The van der Waals surface area contributed by atoms with Crippen LogP contribution in [0.2, 0.25) is 0 Å². The lowest BCUT2D eigenvalue weighted by Crippen LogP contribution is -2.27. The lowest BCUT2D eigenvalue weighted by atomic mass is 9.97. The van der Waals surface area contributed by atoms with E-state index in [0.29, 0.717) is 11.5 Å². The van der Waals surface area contributed by atoms with Crippen molar-refractivity contribution in [3.05, 3.63) is 20.8 Å². The molecule has 1 heterocycles. The van der Waals surface area contributed by atoms with Crippen LogP contribution in [0.5, 0.6) is 0 Å². The summed E-state index contributed by atoms with van der Waals surface area (Å²) in [6.07, 6.45) is 2.71. The summed E-state index contributed by atoms with van der Waals surface area (Å²) in [5.41, 5.74) is 0.503. The highest BCUT2D eigenvalue weighted by atomic mass is 79.9. The summed E-state index contributed by atoms with van der Waals surface area (Å²) in [5.74, 6) is 0. The quantitative estimate of drug-likeness (QED) is 0.876. The fraction of sp³-hybridized carbons (Fsp3) is 0.636. The van der Waals surface area contributed by atoms with E-state index in [0.717, 1.165) is 6.54 Å². The predicted molar refractivity (Wildman–Crippen MR) is 65.8 cm³/mol. The van der Waals surface area contributed by atoms with E-state index in [1.165, 1.54) is 22.2 Å². The molecule has 1 N–H and O–H groups in total. The number of rotatable bonds is 4. The first-order valence-electron chi connectivity index (χ1n) is 5.13. The van der Waals surface area contributed by atoms with E-state index in [-0.39, 0.29) is 0 Å². The number of nitrogens with one attached hydrogen (secondary N) is 1. The molecule has 14 heavy (non-hydrogen) atoms. The Morgan fingerprint density at radius 3 is 2.79 bits per heavy atom. The van der Waals surface area contributed by atoms with E-state index >= 15 is 0 Å². The maximum atomic E-state index is 3.63. The molecule has 1 aliphatic carbocycles. The van der Waals surface area contributed by atoms with Gasteiger partial charge in [-0.1, -0.05) is 13.8 Å². The molecule has 1 aromatic rings. The van der Waals surface area contributed by atoms with Crippen molar-refractivity contribution in [2.45, 2.75) is 32.7 Å². The largest absolute Gasteiger partial charge is 0.309 e. The standard InChI is InChI=1S/C11H16BrNS/c1-3-13-10(11(2)5-6-11)9-8(12)4-7-14-9/h4,7,10,13H,3,5-6H2,1-2H3. The van der Waals surface area contributed by atoms with Crippen LogP contribution in [0.25, 0.3) is 0 Å². The molecule has 3 heteroatoms. The fourth-order valence-corrected chi connectivity index (χ4v) is 3.71. The highest BCUT2D eigenvalue weighted by Crippen LogP contribution is 2.56. The molecule has 1 fully saturated rings. The summed E-state index contributed by atoms with van der Waals surface area (Å²) in [6, 6.07) is 2.69. The second-order valence-electron chi connectivity index (χ2n) is 4.28. The third-order valence-corrected chi connectivity index (χ3v) is 4.99. The van der Waals surface area contributed by atoms with Crippen molar-refractivity contribution in [3.8, 4) is 0 Å². The van der Waals surface area contributed by atoms with Gasteiger partial charge in [0, 0.05) is 15.4 Å². The third-order valence-electron chi connectivity index (χ3n) is 3.05. The van der Waals surface area contributed by atoms with Crippen LogP contribution < -0.4 is 5.32 Å². The maximum Gasteiger partial charge on any atom is 0.0480 e. The van der Waals surface area contributed by atoms with Gasteiger partial charge in [-0.2, -0.15) is 0 Å². The Labute approximate surface area is 98.0 Å². The Morgan fingerprint density at radius 1 is 1.64 bits per heavy atom. The number of halogens is 1. The molecule has 0 amide bonds. The first-order valence-corrected chi connectivity index (χ1v) is 6.81. The maximum absolute atomic E-state index is 3.63. The van der Waals surface area contributed by atoms with Crippen LogP contribution in [0, 0.1) is 5.41 Å². The van der Waals surface area contributed by atoms with Crippen molar-refractivity contribution in [1.82, 2.24) is 5.32 Å². The van der Waals surface area contributed by atoms with Gasteiger partial charge in [0.15, 0.2) is 0 Å². The van der Waals surface area contributed by atoms with Crippen molar-refractivity contribution >= 4 is 27.3 Å². The van der Waals surface area contributed by atoms with Gasteiger partial charge < -0.3 is 5.32 Å². The van der Waals surface area contributed by atoms with Crippen LogP contribution in [0.1, 0.15) is 37.6 Å². The highest BCUT2D eigenvalue weighted by molar-refractivity contribution is 9.10. The summed E-state index contributed by atoms with van der Waals surface area (Å²) in [7, 11) is 0. The monoisotopic (exact) mass is 273 g/mol. The average Bonchev–Trinajstić information content (AvgIpc) is 2.75. The second kappa shape index (κ2) is 3.95. The van der Waals surface area contributed by atoms with Crippen LogP contribution in [0.4, 0.5) is 0 Å². The molecule has 0 bridgehead atoms. The van der Waals surface area contributed by atoms with Crippen LogP contribution in [0.3, 0.4) is 0 Å². The van der Waals surface area contributed by atoms with Gasteiger partial charge in [0.25, 0.3) is 0 Å². The van der Waals surface area contributed by atoms with Crippen LogP contribution in [-0.4, -0.2) is 6.54 Å². The lowest BCUT2D eigenvalue weighted by Gasteiger charge is -2.23. The Morgan fingerprint density at radius 2 is 2.36 bits per heavy atom. The molecule has 0 saturated heterocycles. The summed E-state index contributed by atoms with van der Waals surface area (Å²) < 4.78 is 1.27. The summed E-state index contributed by atoms with van der Waals surface area (Å²) in [4.78, 5) is 1.46. The first-order chi connectivity index (χ1) is 6.67. The minimum atomic E-state index is 0.503. The van der Waals surface area contributed by atoms with Gasteiger partial charge >= 0.3 is 0 Å². The van der Waals surface area contributed by atoms with E-state index in [4.69, 9.17) is 0 Å². The zero-order chi connectivity index (χ0) is 10.2. The van der Waals surface area contributed by atoms with Gasteiger partial charge in [-0.25, -0.2) is 0 Å². The smallest absolute Gasteiger partial charge is 0.0480 e. The molecule has 0 aliphatic heterocycles. The second-order valence-corrected chi connectivity index (χ2v) is 6.08. The molecule has 0 aromatic carbocycles. The lowest BCUT2D eigenvalue weighted by molar-refractivity contribution is 0.378. The Bertz CT molecular complexity index is 317. The van der Waals surface area contributed by atoms with Crippen molar-refractivity contribution in [2.75, 3.05) is 6.54 Å². The molecule has 1 saturated carbocycles. The third kappa shape index (κ3) is 1.90. The summed E-state index contributed by atoms with van der Waals surface area (Å²) in [6.45, 7) is 5.61. The molecule has 0 radical (unpaired) electrons. The SMILES string of the molecule is CCNC(c1sccc1Br)C1(C)CC1. The normalized spacial score (nSPS) is 20.8. The van der Waals surface area contributed by atoms with Crippen molar-refractivity contribution in [3.63, 3.8) is 0 Å². The number of thiophene rings is 1. The zero-order valence-electron chi connectivity index (χ0n) is 8.64. The summed E-state index contributed by atoms with van der Waals surface area (Å²) >= 11 is 5.48. The van der Waals surface area contributed by atoms with Crippen LogP contribution >= 0.6 is 27.3 Å². The molecular formula is C11H16BrNS. The predicted octanol–water partition coefficient (Wildman–Crippen LogP) is 3.96. The van der Waals surface area contributed by atoms with E-state index in [1.807, 2.05) is 11.3 Å². The molecule has 1 nitrogen and oxygen atoms in total. The Kier molecular flexibility index (Phi) is 3.01. The van der Waals surface area contributed by atoms with Crippen molar-refractivity contribution in [1.29, 1.82) is 0 Å².